The highest BCUT2D eigenvalue weighted by atomic mass is 19.2. The smallest absolute Gasteiger partial charge is 0.253 e. The molecule has 0 bridgehead atoms. The first-order valence-electron chi connectivity index (χ1n) is 6.63. The number of nitrogens with one attached hydrogen (secondary N) is 1. The summed E-state index contributed by atoms with van der Waals surface area (Å²) in [6.07, 6.45) is 0. The number of hydrogen-bond donors (Lipinski definition) is 1. The minimum atomic E-state index is -1.72. The van der Waals surface area contributed by atoms with Gasteiger partial charge in [-0.1, -0.05) is 0 Å². The number of benzene rings is 1. The van der Waals surface area contributed by atoms with Crippen LogP contribution >= 0.6 is 0 Å². The summed E-state index contributed by atoms with van der Waals surface area (Å²) in [7, 11) is 1.54. The van der Waals surface area contributed by atoms with E-state index in [2.05, 4.69) is 10.3 Å². The lowest BCUT2D eigenvalue weighted by molar-refractivity contribution is 0.146. The molecule has 0 radical (unpaired) electrons. The Hall–Kier alpha value is -2.35. The first-order valence-corrected chi connectivity index (χ1v) is 6.63. The van der Waals surface area contributed by atoms with Crippen LogP contribution in [0.3, 0.4) is 0 Å². The number of rotatable bonds is 6. The van der Waals surface area contributed by atoms with Gasteiger partial charge in [0.25, 0.3) is 11.9 Å². The van der Waals surface area contributed by atoms with Crippen molar-refractivity contribution in [3.05, 3.63) is 47.3 Å². The molecule has 0 aliphatic rings. The average molecular weight is 330 g/mol. The highest BCUT2D eigenvalue weighted by Gasteiger charge is 2.21. The Labute approximate surface area is 130 Å². The third-order valence-corrected chi connectivity index (χ3v) is 3.01. The van der Waals surface area contributed by atoms with Gasteiger partial charge in [0.2, 0.25) is 11.6 Å². The quantitative estimate of drug-likeness (QED) is 0.498. The summed E-state index contributed by atoms with van der Waals surface area (Å²) in [5.74, 6) is -6.10. The normalized spacial score (nSPS) is 10.7. The van der Waals surface area contributed by atoms with Crippen molar-refractivity contribution in [1.29, 1.82) is 0 Å². The number of aromatic nitrogens is 1. The maximum atomic E-state index is 13.6. The number of methoxy groups -OCH3 is 1. The first kappa shape index (κ1) is 17.0. The van der Waals surface area contributed by atoms with Crippen LogP contribution < -0.4 is 10.1 Å². The number of pyridine rings is 1. The van der Waals surface area contributed by atoms with Gasteiger partial charge in [-0.05, 0) is 30.7 Å². The van der Waals surface area contributed by atoms with Crippen molar-refractivity contribution in [3.63, 3.8) is 0 Å². The number of hydrogen-bond acceptors (Lipinski definition) is 4. The van der Waals surface area contributed by atoms with Crippen LogP contribution in [0.15, 0.2) is 18.2 Å². The Balaban J connectivity index is 2.24. The molecule has 0 aliphatic carbocycles. The molecule has 0 atom stereocenters. The zero-order valence-corrected chi connectivity index (χ0v) is 12.4. The van der Waals surface area contributed by atoms with Gasteiger partial charge in [0, 0.05) is 12.8 Å². The van der Waals surface area contributed by atoms with Crippen LogP contribution in [0.5, 0.6) is 5.75 Å². The Morgan fingerprint density at radius 1 is 1.04 bits per heavy atom. The third kappa shape index (κ3) is 3.89. The van der Waals surface area contributed by atoms with Gasteiger partial charge in [-0.15, -0.1) is 0 Å². The second kappa shape index (κ2) is 7.28. The molecule has 4 nitrogen and oxygen atoms in total. The van der Waals surface area contributed by atoms with E-state index in [0.717, 1.165) is 0 Å². The summed E-state index contributed by atoms with van der Waals surface area (Å²) in [4.78, 5) is 2.50. The average Bonchev–Trinajstić information content (AvgIpc) is 2.51. The summed E-state index contributed by atoms with van der Waals surface area (Å²) < 4.78 is 63.6. The van der Waals surface area contributed by atoms with Gasteiger partial charge in [-0.2, -0.15) is 22.5 Å². The SMILES string of the molecule is COCCOc1ccc(Nc2c(F)c(F)nc(F)c2F)c(C)c1. The van der Waals surface area contributed by atoms with E-state index >= 15 is 0 Å². The van der Waals surface area contributed by atoms with Crippen molar-refractivity contribution < 1.29 is 27.0 Å². The van der Waals surface area contributed by atoms with Crippen LogP contribution in [0, 0.1) is 30.5 Å². The fraction of sp³-hybridized carbons (Fsp3) is 0.267. The van der Waals surface area contributed by atoms with Crippen LogP contribution in [-0.2, 0) is 4.74 Å². The number of nitrogens with zero attached hydrogens (tertiary/aromatic N) is 1. The minimum Gasteiger partial charge on any atom is -0.491 e. The van der Waals surface area contributed by atoms with Gasteiger partial charge >= 0.3 is 0 Å². The molecule has 2 rings (SSSR count). The Morgan fingerprint density at radius 3 is 2.26 bits per heavy atom. The van der Waals surface area contributed by atoms with E-state index in [1.807, 2.05) is 0 Å². The van der Waals surface area contributed by atoms with Crippen molar-refractivity contribution in [3.8, 4) is 5.75 Å². The Morgan fingerprint density at radius 2 is 1.70 bits per heavy atom. The second-order valence-electron chi connectivity index (χ2n) is 4.64. The summed E-state index contributed by atoms with van der Waals surface area (Å²) >= 11 is 0. The molecule has 1 heterocycles. The Kier molecular flexibility index (Phi) is 5.38. The largest absolute Gasteiger partial charge is 0.491 e. The summed E-state index contributed by atoms with van der Waals surface area (Å²) in [6.45, 7) is 2.40. The lowest BCUT2D eigenvalue weighted by Gasteiger charge is -2.13. The molecule has 1 aromatic carbocycles. The van der Waals surface area contributed by atoms with Crippen molar-refractivity contribution >= 4 is 11.4 Å². The molecule has 0 spiro atoms. The first-order chi connectivity index (χ1) is 10.9. The van der Waals surface area contributed by atoms with Gasteiger partial charge in [0.15, 0.2) is 0 Å². The summed E-state index contributed by atoms with van der Waals surface area (Å²) in [5.41, 5.74) is -0.102. The van der Waals surface area contributed by atoms with Gasteiger partial charge in [-0.25, -0.2) is 0 Å². The third-order valence-electron chi connectivity index (χ3n) is 3.01. The molecule has 23 heavy (non-hydrogen) atoms. The zero-order chi connectivity index (χ0) is 17.0. The van der Waals surface area contributed by atoms with E-state index in [4.69, 9.17) is 9.47 Å². The molecule has 0 amide bonds. The molecule has 8 heteroatoms. The molecule has 1 N–H and O–H groups in total. The van der Waals surface area contributed by atoms with Crippen LogP contribution in [-0.4, -0.2) is 25.3 Å². The lowest BCUT2D eigenvalue weighted by Crippen LogP contribution is -2.07. The molecular formula is C15H14F4N2O2. The van der Waals surface area contributed by atoms with E-state index in [0.29, 0.717) is 24.5 Å². The van der Waals surface area contributed by atoms with Gasteiger partial charge in [-0.3, -0.25) is 0 Å². The van der Waals surface area contributed by atoms with Crippen LogP contribution in [0.4, 0.5) is 28.9 Å². The predicted molar refractivity (Wildman–Crippen MR) is 75.9 cm³/mol. The van der Waals surface area contributed by atoms with Crippen LogP contribution in [0.25, 0.3) is 0 Å². The molecule has 2 aromatic rings. The topological polar surface area (TPSA) is 43.4 Å². The Bertz CT molecular complexity index is 684. The molecule has 0 unspecified atom stereocenters. The molecule has 0 fully saturated rings. The van der Waals surface area contributed by atoms with Crippen LogP contribution in [0.1, 0.15) is 5.56 Å². The number of anilines is 2. The highest BCUT2D eigenvalue weighted by Crippen LogP contribution is 2.29. The molecule has 1 aromatic heterocycles. The molecule has 0 saturated carbocycles. The monoisotopic (exact) mass is 330 g/mol. The minimum absolute atomic E-state index is 0.270. The van der Waals surface area contributed by atoms with Gasteiger partial charge in [0.1, 0.15) is 18.0 Å². The molecule has 0 saturated heterocycles. The van der Waals surface area contributed by atoms with Crippen LogP contribution in [0.2, 0.25) is 0 Å². The van der Waals surface area contributed by atoms with Crippen molar-refractivity contribution in [2.45, 2.75) is 6.92 Å². The van der Waals surface area contributed by atoms with E-state index in [1.54, 1.807) is 19.1 Å². The molecule has 124 valence electrons. The van der Waals surface area contributed by atoms with E-state index in [-0.39, 0.29) is 5.69 Å². The maximum Gasteiger partial charge on any atom is 0.253 e. The highest BCUT2D eigenvalue weighted by molar-refractivity contribution is 5.64. The number of ether oxygens (including phenoxy) is 2. The van der Waals surface area contributed by atoms with Crippen molar-refractivity contribution in [2.75, 3.05) is 25.6 Å². The van der Waals surface area contributed by atoms with E-state index < -0.39 is 29.2 Å². The van der Waals surface area contributed by atoms with E-state index in [9.17, 15) is 17.6 Å². The van der Waals surface area contributed by atoms with Gasteiger partial charge in [0.05, 0.1) is 6.61 Å². The van der Waals surface area contributed by atoms with Gasteiger partial charge < -0.3 is 14.8 Å². The number of aryl methyl sites for hydroxylation is 1. The lowest BCUT2D eigenvalue weighted by atomic mass is 10.2. The zero-order valence-electron chi connectivity index (χ0n) is 12.4. The summed E-state index contributed by atoms with van der Waals surface area (Å²) in [6, 6.07) is 4.64. The second-order valence-corrected chi connectivity index (χ2v) is 4.64. The number of halogens is 4. The van der Waals surface area contributed by atoms with Crippen molar-refractivity contribution in [1.82, 2.24) is 4.98 Å². The fourth-order valence-corrected chi connectivity index (χ4v) is 1.84. The van der Waals surface area contributed by atoms with Crippen molar-refractivity contribution in [2.24, 2.45) is 0 Å². The molecule has 0 aliphatic heterocycles. The predicted octanol–water partition coefficient (Wildman–Crippen LogP) is 3.72. The molecular weight excluding hydrogens is 316 g/mol. The van der Waals surface area contributed by atoms with E-state index in [1.165, 1.54) is 13.2 Å². The summed E-state index contributed by atoms with van der Waals surface area (Å²) in [5, 5.41) is 2.33. The fourth-order valence-electron chi connectivity index (χ4n) is 1.84. The maximum absolute atomic E-state index is 13.6. The standard InChI is InChI=1S/C15H14F4N2O2/c1-8-7-9(23-6-5-22-2)3-4-10(8)20-13-11(16)14(18)21-15(19)12(13)17/h3-4,7H,5-6H2,1-2H3,(H,20,21).